The van der Waals surface area contributed by atoms with Gasteiger partial charge in [0.15, 0.2) is 0 Å². The van der Waals surface area contributed by atoms with Crippen molar-refractivity contribution in [3.05, 3.63) is 176 Å². The van der Waals surface area contributed by atoms with Crippen LogP contribution in [-0.2, 0) is 0 Å². The molecule has 0 amide bonds. The molecule has 2 heterocycles. The minimum Gasteiger partial charge on any atom is -0.455 e. The predicted molar refractivity (Wildman–Crippen MR) is 219 cm³/mol. The summed E-state index contributed by atoms with van der Waals surface area (Å²) in [4.78, 5) is 2.42. The van der Waals surface area contributed by atoms with Crippen molar-refractivity contribution in [2.24, 2.45) is 0 Å². The molecule has 11 aromatic rings. The maximum Gasteiger partial charge on any atom is 0.145 e. The summed E-state index contributed by atoms with van der Waals surface area (Å²) in [5.41, 5.74) is 7.47. The molecular formula is C48H29NOS. The Morgan fingerprint density at radius 1 is 0.392 bits per heavy atom. The van der Waals surface area contributed by atoms with Crippen molar-refractivity contribution in [1.82, 2.24) is 0 Å². The molecule has 0 atom stereocenters. The zero-order chi connectivity index (χ0) is 33.5. The zero-order valence-electron chi connectivity index (χ0n) is 27.5. The van der Waals surface area contributed by atoms with Crippen LogP contribution in [0.5, 0.6) is 0 Å². The van der Waals surface area contributed by atoms with Gasteiger partial charge in [0.05, 0.1) is 5.69 Å². The summed E-state index contributed by atoms with van der Waals surface area (Å²) in [6.07, 6.45) is 0. The Balaban J connectivity index is 1.19. The highest BCUT2D eigenvalue weighted by atomic mass is 32.1. The maximum atomic E-state index is 6.83. The number of fused-ring (bicyclic) bond motifs is 11. The van der Waals surface area contributed by atoms with Gasteiger partial charge in [0.25, 0.3) is 0 Å². The number of benzene rings is 9. The molecule has 2 nitrogen and oxygen atoms in total. The van der Waals surface area contributed by atoms with Crippen LogP contribution < -0.4 is 4.90 Å². The van der Waals surface area contributed by atoms with Crippen molar-refractivity contribution in [2.75, 3.05) is 4.90 Å². The molecule has 3 heteroatoms. The number of hydrogen-bond donors (Lipinski definition) is 0. The molecule has 238 valence electrons. The van der Waals surface area contributed by atoms with Crippen molar-refractivity contribution >= 4 is 103 Å². The fourth-order valence-corrected chi connectivity index (χ4v) is 9.09. The maximum absolute atomic E-state index is 6.83. The Labute approximate surface area is 298 Å². The Bertz CT molecular complexity index is 3150. The molecule has 0 aliphatic heterocycles. The Morgan fingerprint density at radius 2 is 1.10 bits per heavy atom. The van der Waals surface area contributed by atoms with Crippen molar-refractivity contribution in [2.45, 2.75) is 0 Å². The number of thiophene rings is 1. The van der Waals surface area contributed by atoms with E-state index in [9.17, 15) is 0 Å². The summed E-state index contributed by atoms with van der Waals surface area (Å²) in [5, 5.41) is 12.0. The van der Waals surface area contributed by atoms with Crippen LogP contribution in [0.25, 0.3) is 85.6 Å². The quantitative estimate of drug-likeness (QED) is 0.174. The second-order valence-electron chi connectivity index (χ2n) is 13.3. The van der Waals surface area contributed by atoms with Crippen LogP contribution in [-0.4, -0.2) is 0 Å². The molecule has 0 bridgehead atoms. The normalized spacial score (nSPS) is 11.9. The monoisotopic (exact) mass is 667 g/mol. The topological polar surface area (TPSA) is 16.4 Å². The Kier molecular flexibility index (Phi) is 6.16. The van der Waals surface area contributed by atoms with E-state index in [0.29, 0.717) is 0 Å². The summed E-state index contributed by atoms with van der Waals surface area (Å²) < 4.78 is 9.42. The van der Waals surface area contributed by atoms with Crippen LogP contribution in [0, 0.1) is 0 Å². The number of nitrogens with zero attached hydrogens (tertiary/aromatic N) is 1. The van der Waals surface area contributed by atoms with Gasteiger partial charge in [-0.05, 0) is 98.7 Å². The summed E-state index contributed by atoms with van der Waals surface area (Å²) in [6.45, 7) is 0. The van der Waals surface area contributed by atoms with Gasteiger partial charge in [-0.2, -0.15) is 0 Å². The third-order valence-corrected chi connectivity index (χ3v) is 11.6. The molecule has 2 aromatic heterocycles. The van der Waals surface area contributed by atoms with Crippen LogP contribution >= 0.6 is 11.3 Å². The summed E-state index contributed by atoms with van der Waals surface area (Å²) in [6, 6.07) is 63.8. The molecule has 0 saturated carbocycles. The Hall–Kier alpha value is -6.42. The molecule has 0 radical (unpaired) electrons. The molecule has 0 fully saturated rings. The third-order valence-electron chi connectivity index (χ3n) is 10.4. The van der Waals surface area contributed by atoms with Crippen LogP contribution in [0.1, 0.15) is 0 Å². The van der Waals surface area contributed by atoms with Crippen molar-refractivity contribution in [1.29, 1.82) is 0 Å². The van der Waals surface area contributed by atoms with Gasteiger partial charge < -0.3 is 9.32 Å². The van der Waals surface area contributed by atoms with E-state index in [0.717, 1.165) is 49.8 Å². The van der Waals surface area contributed by atoms with Gasteiger partial charge in [-0.1, -0.05) is 115 Å². The van der Waals surface area contributed by atoms with Crippen LogP contribution in [0.2, 0.25) is 0 Å². The first-order chi connectivity index (χ1) is 25.3. The van der Waals surface area contributed by atoms with Gasteiger partial charge in [0, 0.05) is 47.7 Å². The highest BCUT2D eigenvalue weighted by Gasteiger charge is 2.21. The first-order valence-corrected chi connectivity index (χ1v) is 18.1. The van der Waals surface area contributed by atoms with Gasteiger partial charge in [0.1, 0.15) is 11.2 Å². The highest BCUT2D eigenvalue weighted by Crippen LogP contribution is 2.46. The van der Waals surface area contributed by atoms with E-state index in [2.05, 4.69) is 181 Å². The van der Waals surface area contributed by atoms with Crippen LogP contribution in [0.3, 0.4) is 0 Å². The number of furan rings is 1. The van der Waals surface area contributed by atoms with Gasteiger partial charge in [0.2, 0.25) is 0 Å². The van der Waals surface area contributed by atoms with Gasteiger partial charge in [-0.3, -0.25) is 0 Å². The minimum atomic E-state index is 0.891. The summed E-state index contributed by atoms with van der Waals surface area (Å²) in [5.74, 6) is 0. The van der Waals surface area contributed by atoms with E-state index in [1.807, 2.05) is 11.3 Å². The largest absolute Gasteiger partial charge is 0.455 e. The molecule has 0 aliphatic carbocycles. The third kappa shape index (κ3) is 4.42. The van der Waals surface area contributed by atoms with Crippen LogP contribution in [0.15, 0.2) is 180 Å². The molecule has 51 heavy (non-hydrogen) atoms. The fourth-order valence-electron chi connectivity index (χ4n) is 8.00. The molecule has 0 saturated heterocycles. The van der Waals surface area contributed by atoms with E-state index in [1.54, 1.807) is 0 Å². The molecule has 11 rings (SSSR count). The number of hydrogen-bond acceptors (Lipinski definition) is 3. The van der Waals surface area contributed by atoms with Crippen LogP contribution in [0.4, 0.5) is 17.1 Å². The van der Waals surface area contributed by atoms with Gasteiger partial charge in [-0.15, -0.1) is 11.3 Å². The van der Waals surface area contributed by atoms with Gasteiger partial charge >= 0.3 is 0 Å². The Morgan fingerprint density at radius 3 is 2.04 bits per heavy atom. The second kappa shape index (κ2) is 11.0. The lowest BCUT2D eigenvalue weighted by molar-refractivity contribution is 0.673. The number of anilines is 3. The van der Waals surface area contributed by atoms with Crippen molar-refractivity contribution in [3.8, 4) is 11.1 Å². The lowest BCUT2D eigenvalue weighted by Crippen LogP contribution is -2.10. The van der Waals surface area contributed by atoms with E-state index < -0.39 is 0 Å². The van der Waals surface area contributed by atoms with Crippen molar-refractivity contribution in [3.63, 3.8) is 0 Å². The molecule has 0 spiro atoms. The molecule has 0 aliphatic rings. The van der Waals surface area contributed by atoms with E-state index in [1.165, 1.54) is 52.8 Å². The molecule has 0 unspecified atom stereocenters. The lowest BCUT2D eigenvalue weighted by atomic mass is 9.99. The lowest BCUT2D eigenvalue weighted by Gasteiger charge is -2.27. The van der Waals surface area contributed by atoms with E-state index in [4.69, 9.17) is 4.42 Å². The van der Waals surface area contributed by atoms with Crippen molar-refractivity contribution < 1.29 is 4.42 Å². The standard InChI is InChI=1S/C48H29NOS/c1-2-9-30(10-3-1)33-20-25-44-41(28-33)40-23-19-32-12-8-15-43(47(32)48(40)50-44)49(36-22-26-46-42(29-36)39-14-6-7-16-45(39)51-46)35-21-24-38-34(27-35)18-17-31-11-4-5-13-37(31)38/h1-29H. The summed E-state index contributed by atoms with van der Waals surface area (Å²) in [7, 11) is 0. The summed E-state index contributed by atoms with van der Waals surface area (Å²) >= 11 is 1.85. The number of rotatable bonds is 4. The molecule has 9 aromatic carbocycles. The molecular weight excluding hydrogens is 639 g/mol. The fraction of sp³-hybridized carbons (Fsp3) is 0. The van der Waals surface area contributed by atoms with E-state index in [-0.39, 0.29) is 0 Å². The second-order valence-corrected chi connectivity index (χ2v) is 14.4. The average Bonchev–Trinajstić information content (AvgIpc) is 3.76. The van der Waals surface area contributed by atoms with E-state index >= 15 is 0 Å². The smallest absolute Gasteiger partial charge is 0.145 e. The van der Waals surface area contributed by atoms with Gasteiger partial charge in [-0.25, -0.2) is 0 Å². The molecule has 0 N–H and O–H groups in total. The first kappa shape index (κ1) is 28.4. The average molecular weight is 668 g/mol. The predicted octanol–water partition coefficient (Wildman–Crippen LogP) is 14.6. The highest BCUT2D eigenvalue weighted by molar-refractivity contribution is 7.25. The SMILES string of the molecule is c1ccc(-c2ccc3oc4c(ccc5cccc(N(c6ccc7c(ccc8ccccc87)c6)c6ccc7sc8ccccc8c7c6)c54)c3c2)cc1. The zero-order valence-corrected chi connectivity index (χ0v) is 28.3. The first-order valence-electron chi connectivity index (χ1n) is 17.3. The minimum absolute atomic E-state index is 0.891.